The van der Waals surface area contributed by atoms with Gasteiger partial charge < -0.3 is 9.47 Å². The van der Waals surface area contributed by atoms with Crippen molar-refractivity contribution in [3.05, 3.63) is 35.1 Å². The van der Waals surface area contributed by atoms with Crippen molar-refractivity contribution in [1.29, 1.82) is 5.26 Å². The minimum absolute atomic E-state index is 0.0651. The zero-order chi connectivity index (χ0) is 12.1. The van der Waals surface area contributed by atoms with Crippen LogP contribution in [0.3, 0.4) is 0 Å². The summed E-state index contributed by atoms with van der Waals surface area (Å²) >= 11 is 0. The third kappa shape index (κ3) is 3.26. The molecular formula is C13H14FNO2. The average molecular weight is 235 g/mol. The maximum atomic E-state index is 13.1. The number of hydrogen-bond donors (Lipinski definition) is 0. The first-order chi connectivity index (χ1) is 8.29. The van der Waals surface area contributed by atoms with Gasteiger partial charge >= 0.3 is 0 Å². The van der Waals surface area contributed by atoms with E-state index in [9.17, 15) is 4.39 Å². The van der Waals surface area contributed by atoms with Crippen molar-refractivity contribution in [3.8, 4) is 6.07 Å². The Morgan fingerprint density at radius 2 is 2.41 bits per heavy atom. The monoisotopic (exact) mass is 235 g/mol. The van der Waals surface area contributed by atoms with Crippen LogP contribution in [0.25, 0.3) is 0 Å². The molecular weight excluding hydrogens is 221 g/mol. The Kier molecular flexibility index (Phi) is 4.08. The molecule has 1 atom stereocenters. The zero-order valence-electron chi connectivity index (χ0n) is 9.49. The summed E-state index contributed by atoms with van der Waals surface area (Å²) in [5, 5.41) is 8.69. The summed E-state index contributed by atoms with van der Waals surface area (Å²) < 4.78 is 23.8. The van der Waals surface area contributed by atoms with Crippen molar-refractivity contribution < 1.29 is 13.9 Å². The minimum Gasteiger partial charge on any atom is -0.381 e. The van der Waals surface area contributed by atoms with Gasteiger partial charge in [0, 0.05) is 12.5 Å². The van der Waals surface area contributed by atoms with Gasteiger partial charge in [-0.2, -0.15) is 5.26 Å². The van der Waals surface area contributed by atoms with Gasteiger partial charge in [0.1, 0.15) is 11.9 Å². The van der Waals surface area contributed by atoms with Crippen LogP contribution in [0.1, 0.15) is 17.5 Å². The van der Waals surface area contributed by atoms with E-state index in [1.54, 1.807) is 6.07 Å². The number of rotatable bonds is 4. The number of hydrogen-bond acceptors (Lipinski definition) is 3. The molecule has 1 heterocycles. The Morgan fingerprint density at radius 1 is 1.53 bits per heavy atom. The van der Waals surface area contributed by atoms with E-state index in [0.29, 0.717) is 19.1 Å². The highest BCUT2D eigenvalue weighted by atomic mass is 19.1. The highest BCUT2D eigenvalue weighted by Gasteiger charge is 2.15. The van der Waals surface area contributed by atoms with Crippen molar-refractivity contribution in [2.75, 3.05) is 19.8 Å². The summed E-state index contributed by atoms with van der Waals surface area (Å²) in [7, 11) is 0. The summed E-state index contributed by atoms with van der Waals surface area (Å²) in [6, 6.07) is 6.29. The first-order valence-electron chi connectivity index (χ1n) is 5.63. The van der Waals surface area contributed by atoms with Gasteiger partial charge in [-0.25, -0.2) is 4.39 Å². The molecule has 1 aromatic carbocycles. The van der Waals surface area contributed by atoms with Crippen LogP contribution in [0.2, 0.25) is 0 Å². The van der Waals surface area contributed by atoms with Gasteiger partial charge in [0.15, 0.2) is 0 Å². The van der Waals surface area contributed by atoms with Crippen molar-refractivity contribution >= 4 is 0 Å². The van der Waals surface area contributed by atoms with Crippen LogP contribution in [-0.4, -0.2) is 19.8 Å². The van der Waals surface area contributed by atoms with Crippen molar-refractivity contribution in [2.24, 2.45) is 5.92 Å². The third-order valence-corrected chi connectivity index (χ3v) is 2.80. The van der Waals surface area contributed by atoms with Crippen LogP contribution in [0.5, 0.6) is 0 Å². The molecule has 1 aliphatic rings. The van der Waals surface area contributed by atoms with Gasteiger partial charge in [-0.1, -0.05) is 6.07 Å². The molecule has 0 bridgehead atoms. The Bertz CT molecular complexity index is 422. The van der Waals surface area contributed by atoms with Crippen LogP contribution in [-0.2, 0) is 16.1 Å². The molecule has 0 N–H and O–H groups in total. The van der Waals surface area contributed by atoms with E-state index in [1.165, 1.54) is 12.1 Å². The summed E-state index contributed by atoms with van der Waals surface area (Å²) in [6.07, 6.45) is 1.03. The Morgan fingerprint density at radius 3 is 3.12 bits per heavy atom. The van der Waals surface area contributed by atoms with E-state index in [2.05, 4.69) is 0 Å². The molecule has 2 rings (SSSR count). The molecule has 1 unspecified atom stereocenters. The van der Waals surface area contributed by atoms with Crippen LogP contribution in [0.15, 0.2) is 18.2 Å². The van der Waals surface area contributed by atoms with E-state index in [-0.39, 0.29) is 5.56 Å². The molecule has 0 saturated carbocycles. The van der Waals surface area contributed by atoms with E-state index < -0.39 is 5.82 Å². The predicted molar refractivity (Wildman–Crippen MR) is 59.7 cm³/mol. The summed E-state index contributed by atoms with van der Waals surface area (Å²) in [5.41, 5.74) is 0.886. The molecule has 0 aliphatic carbocycles. The largest absolute Gasteiger partial charge is 0.381 e. The second kappa shape index (κ2) is 5.76. The second-order valence-corrected chi connectivity index (χ2v) is 4.17. The lowest BCUT2D eigenvalue weighted by Crippen LogP contribution is -2.09. The van der Waals surface area contributed by atoms with E-state index >= 15 is 0 Å². The molecule has 1 saturated heterocycles. The Labute approximate surface area is 99.8 Å². The fourth-order valence-electron chi connectivity index (χ4n) is 1.81. The van der Waals surface area contributed by atoms with Crippen molar-refractivity contribution in [1.82, 2.24) is 0 Å². The average Bonchev–Trinajstić information content (AvgIpc) is 2.84. The molecule has 1 aromatic rings. The summed E-state index contributed by atoms with van der Waals surface area (Å²) in [5.74, 6) is -0.0219. The maximum absolute atomic E-state index is 13.1. The lowest BCUT2D eigenvalue weighted by molar-refractivity contribution is 0.0791. The number of ether oxygens (including phenoxy) is 2. The van der Waals surface area contributed by atoms with Gasteiger partial charge in [-0.15, -0.1) is 0 Å². The normalized spacial score (nSPS) is 19.2. The predicted octanol–water partition coefficient (Wildman–Crippen LogP) is 2.25. The highest BCUT2D eigenvalue weighted by molar-refractivity contribution is 5.34. The lowest BCUT2D eigenvalue weighted by atomic mass is 10.1. The maximum Gasteiger partial charge on any atom is 0.140 e. The number of benzene rings is 1. The molecule has 4 heteroatoms. The molecule has 3 nitrogen and oxygen atoms in total. The van der Waals surface area contributed by atoms with Crippen LogP contribution in [0, 0.1) is 23.1 Å². The van der Waals surface area contributed by atoms with Crippen molar-refractivity contribution in [3.63, 3.8) is 0 Å². The van der Waals surface area contributed by atoms with Gasteiger partial charge in [-0.3, -0.25) is 0 Å². The molecule has 1 aliphatic heterocycles. The van der Waals surface area contributed by atoms with Crippen molar-refractivity contribution in [2.45, 2.75) is 13.0 Å². The van der Waals surface area contributed by atoms with Crippen LogP contribution in [0.4, 0.5) is 4.39 Å². The Hall–Kier alpha value is -1.44. The smallest absolute Gasteiger partial charge is 0.140 e. The number of halogens is 1. The molecule has 17 heavy (non-hydrogen) atoms. The summed E-state index contributed by atoms with van der Waals surface area (Å²) in [4.78, 5) is 0. The molecule has 90 valence electrons. The molecule has 0 amide bonds. The molecule has 1 fully saturated rings. The van der Waals surface area contributed by atoms with E-state index in [1.807, 2.05) is 6.07 Å². The minimum atomic E-state index is -0.486. The standard InChI is InChI=1S/C13H14FNO2/c14-13-2-1-10(5-12(13)6-15)7-17-9-11-3-4-16-8-11/h1-2,5,11H,3-4,7-9H2. The number of nitriles is 1. The number of nitrogens with zero attached hydrogens (tertiary/aromatic N) is 1. The van der Waals surface area contributed by atoms with Gasteiger partial charge in [0.25, 0.3) is 0 Å². The van der Waals surface area contributed by atoms with Crippen LogP contribution >= 0.6 is 0 Å². The fraction of sp³-hybridized carbons (Fsp3) is 0.462. The zero-order valence-corrected chi connectivity index (χ0v) is 9.49. The van der Waals surface area contributed by atoms with E-state index in [4.69, 9.17) is 14.7 Å². The lowest BCUT2D eigenvalue weighted by Gasteiger charge is -2.09. The first kappa shape index (κ1) is 12.0. The van der Waals surface area contributed by atoms with Crippen LogP contribution < -0.4 is 0 Å². The van der Waals surface area contributed by atoms with Gasteiger partial charge in [0.2, 0.25) is 0 Å². The topological polar surface area (TPSA) is 42.2 Å². The summed E-state index contributed by atoms with van der Waals surface area (Å²) in [6.45, 7) is 2.63. The fourth-order valence-corrected chi connectivity index (χ4v) is 1.81. The molecule has 0 radical (unpaired) electrons. The second-order valence-electron chi connectivity index (χ2n) is 4.17. The molecule has 0 aromatic heterocycles. The van der Waals surface area contributed by atoms with Gasteiger partial charge in [0.05, 0.1) is 25.4 Å². The quantitative estimate of drug-likeness (QED) is 0.803. The molecule has 0 spiro atoms. The van der Waals surface area contributed by atoms with E-state index in [0.717, 1.165) is 25.2 Å². The van der Waals surface area contributed by atoms with Gasteiger partial charge in [-0.05, 0) is 24.1 Å². The first-order valence-corrected chi connectivity index (χ1v) is 5.63. The Balaban J connectivity index is 1.84. The SMILES string of the molecule is N#Cc1cc(COCC2CCOC2)ccc1F. The third-order valence-electron chi connectivity index (χ3n) is 2.80. The highest BCUT2D eigenvalue weighted by Crippen LogP contribution is 2.14.